The molecule has 1 heterocycles. The summed E-state index contributed by atoms with van der Waals surface area (Å²) in [6, 6.07) is 5.76. The lowest BCUT2D eigenvalue weighted by molar-refractivity contribution is 0.513. The van der Waals surface area contributed by atoms with Crippen molar-refractivity contribution in [1.82, 2.24) is 9.55 Å². The number of imidazole rings is 1. The van der Waals surface area contributed by atoms with Crippen molar-refractivity contribution in [2.24, 2.45) is 5.92 Å². The number of nitrogen functional groups attached to an aromatic ring is 1. The predicted octanol–water partition coefficient (Wildman–Crippen LogP) is 4.77. The van der Waals surface area contributed by atoms with E-state index in [4.69, 9.17) is 22.3 Å². The molecule has 2 N–H and O–H groups in total. The maximum atomic E-state index is 6.30. The number of rotatable bonds is 4. The van der Waals surface area contributed by atoms with E-state index in [2.05, 4.69) is 41.3 Å². The lowest BCUT2D eigenvalue weighted by Gasteiger charge is -2.11. The summed E-state index contributed by atoms with van der Waals surface area (Å²) in [6.45, 7) is 7.34. The zero-order valence-corrected chi connectivity index (χ0v) is 14.3. The first kappa shape index (κ1) is 15.4. The second kappa shape index (κ2) is 6.19. The van der Waals surface area contributed by atoms with Gasteiger partial charge in [0.15, 0.2) is 0 Å². The van der Waals surface area contributed by atoms with E-state index in [1.54, 1.807) is 0 Å². The summed E-state index contributed by atoms with van der Waals surface area (Å²) in [5.41, 5.74) is 8.12. The van der Waals surface area contributed by atoms with Gasteiger partial charge in [-0.25, -0.2) is 4.98 Å². The molecule has 108 valence electrons. The molecular weight excluding hydrogens is 338 g/mol. The zero-order valence-electron chi connectivity index (χ0n) is 12.0. The van der Waals surface area contributed by atoms with Crippen molar-refractivity contribution in [3.63, 3.8) is 0 Å². The molecule has 0 fully saturated rings. The van der Waals surface area contributed by atoms with Gasteiger partial charge in [-0.2, -0.15) is 0 Å². The monoisotopic (exact) mass is 355 g/mol. The van der Waals surface area contributed by atoms with Crippen molar-refractivity contribution in [3.8, 4) is 11.3 Å². The van der Waals surface area contributed by atoms with Gasteiger partial charge in [-0.1, -0.05) is 38.4 Å². The average Bonchev–Trinajstić information content (AvgIpc) is 2.70. The fourth-order valence-corrected chi connectivity index (χ4v) is 2.70. The van der Waals surface area contributed by atoms with E-state index in [1.165, 1.54) is 0 Å². The van der Waals surface area contributed by atoms with E-state index in [0.717, 1.165) is 40.3 Å². The highest BCUT2D eigenvalue weighted by Crippen LogP contribution is 2.32. The number of aromatic nitrogens is 2. The second-order valence-electron chi connectivity index (χ2n) is 5.25. The third-order valence-corrected chi connectivity index (χ3v) is 4.36. The van der Waals surface area contributed by atoms with Gasteiger partial charge in [0.2, 0.25) is 0 Å². The molecule has 0 saturated heterocycles. The molecule has 0 aliphatic rings. The molecule has 0 amide bonds. The molecule has 2 aromatic rings. The first-order valence-corrected chi connectivity index (χ1v) is 7.91. The van der Waals surface area contributed by atoms with Crippen LogP contribution in [0.1, 0.15) is 26.6 Å². The first-order valence-electron chi connectivity index (χ1n) is 6.74. The molecular formula is C15H19BrClN3. The third kappa shape index (κ3) is 3.01. The third-order valence-electron chi connectivity index (χ3n) is 3.14. The van der Waals surface area contributed by atoms with Gasteiger partial charge in [0.05, 0.1) is 5.02 Å². The van der Waals surface area contributed by atoms with Crippen LogP contribution in [0.25, 0.3) is 11.3 Å². The van der Waals surface area contributed by atoms with Gasteiger partial charge in [0.25, 0.3) is 0 Å². The maximum Gasteiger partial charge on any atom is 0.131 e. The second-order valence-corrected chi connectivity index (χ2v) is 6.51. The van der Waals surface area contributed by atoms with Crippen molar-refractivity contribution in [2.75, 3.05) is 5.73 Å². The van der Waals surface area contributed by atoms with Crippen LogP contribution in [0.4, 0.5) is 5.82 Å². The SMILES string of the molecule is CCc1nc(-c2ccc(Cl)c(Br)c2)c(N)n1CC(C)C. The minimum Gasteiger partial charge on any atom is -0.383 e. The summed E-state index contributed by atoms with van der Waals surface area (Å²) in [7, 11) is 0. The molecule has 5 heteroatoms. The maximum absolute atomic E-state index is 6.30. The Hall–Kier alpha value is -1.00. The molecule has 0 atom stereocenters. The van der Waals surface area contributed by atoms with E-state index in [1.807, 2.05) is 18.2 Å². The standard InChI is InChI=1S/C15H19BrClN3/c1-4-13-19-14(15(18)20(13)8-9(2)3)10-5-6-12(17)11(16)7-10/h5-7,9H,4,8,18H2,1-3H3. The molecule has 0 aliphatic heterocycles. The number of nitrogens with zero attached hydrogens (tertiary/aromatic N) is 2. The number of benzene rings is 1. The smallest absolute Gasteiger partial charge is 0.131 e. The summed E-state index contributed by atoms with van der Waals surface area (Å²) >= 11 is 9.48. The normalized spacial score (nSPS) is 11.3. The molecule has 0 bridgehead atoms. The van der Waals surface area contributed by atoms with Crippen LogP contribution in [0.15, 0.2) is 22.7 Å². The first-order chi connectivity index (χ1) is 9.43. The minimum absolute atomic E-state index is 0.529. The lowest BCUT2D eigenvalue weighted by atomic mass is 10.1. The predicted molar refractivity (Wildman–Crippen MR) is 89.0 cm³/mol. The molecule has 2 rings (SSSR count). The van der Waals surface area contributed by atoms with Gasteiger partial charge in [-0.05, 0) is 34.0 Å². The highest BCUT2D eigenvalue weighted by Gasteiger charge is 2.16. The molecule has 1 aromatic heterocycles. The van der Waals surface area contributed by atoms with E-state index in [0.29, 0.717) is 10.9 Å². The van der Waals surface area contributed by atoms with Gasteiger partial charge in [0, 0.05) is 23.0 Å². The quantitative estimate of drug-likeness (QED) is 0.857. The van der Waals surface area contributed by atoms with Gasteiger partial charge in [-0.15, -0.1) is 0 Å². The average molecular weight is 357 g/mol. The highest BCUT2D eigenvalue weighted by molar-refractivity contribution is 9.10. The number of halogens is 2. The zero-order chi connectivity index (χ0) is 14.9. The summed E-state index contributed by atoms with van der Waals surface area (Å²) in [5.74, 6) is 2.28. The minimum atomic E-state index is 0.529. The summed E-state index contributed by atoms with van der Waals surface area (Å²) in [4.78, 5) is 4.70. The van der Waals surface area contributed by atoms with Crippen LogP contribution in [0, 0.1) is 5.92 Å². The van der Waals surface area contributed by atoms with Gasteiger partial charge >= 0.3 is 0 Å². The van der Waals surface area contributed by atoms with Crippen molar-refractivity contribution in [1.29, 1.82) is 0 Å². The van der Waals surface area contributed by atoms with Gasteiger partial charge in [-0.3, -0.25) is 0 Å². The Morgan fingerprint density at radius 1 is 1.40 bits per heavy atom. The molecule has 0 aliphatic carbocycles. The van der Waals surface area contributed by atoms with Crippen LogP contribution >= 0.6 is 27.5 Å². The fraction of sp³-hybridized carbons (Fsp3) is 0.400. The summed E-state index contributed by atoms with van der Waals surface area (Å²) in [5, 5.41) is 0.685. The van der Waals surface area contributed by atoms with Crippen molar-refractivity contribution in [3.05, 3.63) is 33.5 Å². The molecule has 0 spiro atoms. The van der Waals surface area contributed by atoms with Gasteiger partial charge in [0.1, 0.15) is 17.3 Å². The lowest BCUT2D eigenvalue weighted by Crippen LogP contribution is -2.10. The number of nitrogens with two attached hydrogens (primary N) is 1. The highest BCUT2D eigenvalue weighted by atomic mass is 79.9. The van der Waals surface area contributed by atoms with E-state index in [-0.39, 0.29) is 0 Å². The number of hydrogen-bond acceptors (Lipinski definition) is 2. The van der Waals surface area contributed by atoms with Crippen molar-refractivity contribution in [2.45, 2.75) is 33.7 Å². The Labute approximate surface area is 133 Å². The van der Waals surface area contributed by atoms with Crippen molar-refractivity contribution >= 4 is 33.3 Å². The van der Waals surface area contributed by atoms with E-state index in [9.17, 15) is 0 Å². The van der Waals surface area contributed by atoms with Crippen molar-refractivity contribution < 1.29 is 0 Å². The number of aryl methyl sites for hydroxylation is 1. The van der Waals surface area contributed by atoms with Gasteiger partial charge < -0.3 is 10.3 Å². The Morgan fingerprint density at radius 2 is 2.10 bits per heavy atom. The number of anilines is 1. The van der Waals surface area contributed by atoms with Crippen LogP contribution in [0.3, 0.4) is 0 Å². The van der Waals surface area contributed by atoms with Crippen LogP contribution in [-0.4, -0.2) is 9.55 Å². The molecule has 1 aromatic carbocycles. The Morgan fingerprint density at radius 3 is 2.65 bits per heavy atom. The van der Waals surface area contributed by atoms with Crippen LogP contribution in [0.5, 0.6) is 0 Å². The molecule has 0 unspecified atom stereocenters. The largest absolute Gasteiger partial charge is 0.383 e. The van der Waals surface area contributed by atoms with Crippen LogP contribution in [0.2, 0.25) is 5.02 Å². The molecule has 20 heavy (non-hydrogen) atoms. The molecule has 0 radical (unpaired) electrons. The topological polar surface area (TPSA) is 43.8 Å². The fourth-order valence-electron chi connectivity index (χ4n) is 2.21. The van der Waals surface area contributed by atoms with Crippen LogP contribution < -0.4 is 5.73 Å². The summed E-state index contributed by atoms with van der Waals surface area (Å²) < 4.78 is 2.97. The van der Waals surface area contributed by atoms with E-state index < -0.39 is 0 Å². The Bertz CT molecular complexity index is 620. The molecule has 0 saturated carbocycles. The summed E-state index contributed by atoms with van der Waals surface area (Å²) in [6.07, 6.45) is 0.867. The van der Waals surface area contributed by atoms with E-state index >= 15 is 0 Å². The van der Waals surface area contributed by atoms with Crippen LogP contribution in [-0.2, 0) is 13.0 Å². The Kier molecular flexibility index (Phi) is 4.76. The number of hydrogen-bond donors (Lipinski definition) is 1. The molecule has 3 nitrogen and oxygen atoms in total. The Balaban J connectivity index is 2.51.